The predicted molar refractivity (Wildman–Crippen MR) is 50.9 cm³/mol. The van der Waals surface area contributed by atoms with E-state index < -0.39 is 11.6 Å². The van der Waals surface area contributed by atoms with Gasteiger partial charge in [0, 0.05) is 12.7 Å². The van der Waals surface area contributed by atoms with E-state index in [-0.39, 0.29) is 12.0 Å². The normalized spacial score (nSPS) is 11.8. The van der Waals surface area contributed by atoms with E-state index in [0.717, 1.165) is 6.07 Å². The lowest BCUT2D eigenvalue weighted by molar-refractivity contribution is 0.158. The first-order valence-electron chi connectivity index (χ1n) is 4.49. The minimum atomic E-state index is -0.576. The van der Waals surface area contributed by atoms with Gasteiger partial charge in [-0.2, -0.15) is 0 Å². The first-order valence-corrected chi connectivity index (χ1v) is 4.49. The summed E-state index contributed by atoms with van der Waals surface area (Å²) in [6, 6.07) is 3.51. The third-order valence-electron chi connectivity index (χ3n) is 2.11. The van der Waals surface area contributed by atoms with Gasteiger partial charge in [0.2, 0.25) is 0 Å². The molecule has 0 saturated carbocycles. The van der Waals surface area contributed by atoms with Gasteiger partial charge in [-0.15, -0.1) is 0 Å². The molecule has 1 aromatic carbocycles. The number of hydrogen-bond donors (Lipinski definition) is 1. The summed E-state index contributed by atoms with van der Waals surface area (Å²) in [6.45, 7) is 3.63. The summed E-state index contributed by atoms with van der Waals surface area (Å²) < 4.78 is 25.8. The lowest BCUT2D eigenvalue weighted by Crippen LogP contribution is -2.20. The molecule has 0 aliphatic heterocycles. The third-order valence-corrected chi connectivity index (χ3v) is 2.11. The molecule has 0 spiro atoms. The highest BCUT2D eigenvalue weighted by Gasteiger charge is 2.19. The first-order chi connectivity index (χ1) is 6.44. The Hall–Kier alpha value is -0.960. The van der Waals surface area contributed by atoms with E-state index in [4.69, 9.17) is 5.11 Å². The highest BCUT2D eigenvalue weighted by Crippen LogP contribution is 2.22. The smallest absolute Gasteiger partial charge is 0.129 e. The second-order valence-corrected chi connectivity index (χ2v) is 4.23. The van der Waals surface area contributed by atoms with Crippen LogP contribution < -0.4 is 0 Å². The van der Waals surface area contributed by atoms with Gasteiger partial charge in [0.1, 0.15) is 11.6 Å². The van der Waals surface area contributed by atoms with Crippen molar-refractivity contribution in [3.63, 3.8) is 0 Å². The molecule has 0 aromatic heterocycles. The molecule has 1 rings (SSSR count). The van der Waals surface area contributed by atoms with Crippen molar-refractivity contribution in [1.82, 2.24) is 0 Å². The number of hydrogen-bond acceptors (Lipinski definition) is 1. The summed E-state index contributed by atoms with van der Waals surface area (Å²) in [4.78, 5) is 0. The van der Waals surface area contributed by atoms with Crippen LogP contribution in [0.4, 0.5) is 8.78 Å². The van der Waals surface area contributed by atoms with Crippen LogP contribution in [0.15, 0.2) is 18.2 Å². The van der Waals surface area contributed by atoms with Gasteiger partial charge in [-0.3, -0.25) is 0 Å². The molecule has 0 radical (unpaired) electrons. The maximum atomic E-state index is 13.2. The van der Waals surface area contributed by atoms with E-state index >= 15 is 0 Å². The molecule has 1 N–H and O–H groups in total. The molecule has 0 fully saturated rings. The highest BCUT2D eigenvalue weighted by molar-refractivity contribution is 5.19. The SMILES string of the molecule is CC(C)(CO)Cc1ccc(F)cc1F. The van der Waals surface area contributed by atoms with Gasteiger partial charge in [-0.1, -0.05) is 19.9 Å². The van der Waals surface area contributed by atoms with Crippen LogP contribution in [0.5, 0.6) is 0 Å². The summed E-state index contributed by atoms with van der Waals surface area (Å²) in [5, 5.41) is 9.00. The number of benzene rings is 1. The number of rotatable bonds is 3. The zero-order valence-electron chi connectivity index (χ0n) is 8.35. The van der Waals surface area contributed by atoms with E-state index in [0.29, 0.717) is 12.0 Å². The first kappa shape index (κ1) is 11.1. The summed E-state index contributed by atoms with van der Waals surface area (Å²) in [6.07, 6.45) is 0.398. The van der Waals surface area contributed by atoms with Crippen LogP contribution in [0.1, 0.15) is 19.4 Å². The summed E-state index contributed by atoms with van der Waals surface area (Å²) >= 11 is 0. The molecule has 14 heavy (non-hydrogen) atoms. The molecular weight excluding hydrogens is 186 g/mol. The Morgan fingerprint density at radius 1 is 1.29 bits per heavy atom. The molecule has 0 aliphatic carbocycles. The Labute approximate surface area is 82.4 Å². The second kappa shape index (κ2) is 4.05. The Bertz CT molecular complexity index is 321. The maximum Gasteiger partial charge on any atom is 0.129 e. The van der Waals surface area contributed by atoms with Crippen LogP contribution in [0, 0.1) is 17.0 Å². The van der Waals surface area contributed by atoms with Crippen molar-refractivity contribution in [2.75, 3.05) is 6.61 Å². The van der Waals surface area contributed by atoms with Gasteiger partial charge < -0.3 is 5.11 Å². The molecule has 1 aromatic rings. The van der Waals surface area contributed by atoms with Gasteiger partial charge in [0.05, 0.1) is 0 Å². The fourth-order valence-corrected chi connectivity index (χ4v) is 1.24. The van der Waals surface area contributed by atoms with Gasteiger partial charge in [-0.05, 0) is 23.5 Å². The van der Waals surface area contributed by atoms with Gasteiger partial charge in [0.15, 0.2) is 0 Å². The molecule has 3 heteroatoms. The fourth-order valence-electron chi connectivity index (χ4n) is 1.24. The van der Waals surface area contributed by atoms with Crippen molar-refractivity contribution in [2.24, 2.45) is 5.41 Å². The van der Waals surface area contributed by atoms with E-state index in [2.05, 4.69) is 0 Å². The lowest BCUT2D eigenvalue weighted by Gasteiger charge is -2.21. The standard InChI is InChI=1S/C11H14F2O/c1-11(2,7-14)6-8-3-4-9(12)5-10(8)13/h3-5,14H,6-7H2,1-2H3. The minimum absolute atomic E-state index is 0.0240. The van der Waals surface area contributed by atoms with Crippen molar-refractivity contribution < 1.29 is 13.9 Å². The maximum absolute atomic E-state index is 13.2. The average Bonchev–Trinajstić information content (AvgIpc) is 2.10. The monoisotopic (exact) mass is 200 g/mol. The largest absolute Gasteiger partial charge is 0.396 e. The summed E-state index contributed by atoms with van der Waals surface area (Å²) in [5.41, 5.74) is 0.0593. The molecule has 0 bridgehead atoms. The van der Waals surface area contributed by atoms with Crippen LogP contribution in [0.2, 0.25) is 0 Å². The number of halogens is 2. The third kappa shape index (κ3) is 2.77. The van der Waals surface area contributed by atoms with E-state index in [9.17, 15) is 8.78 Å². The van der Waals surface area contributed by atoms with Crippen molar-refractivity contribution >= 4 is 0 Å². The Balaban J connectivity index is 2.87. The quantitative estimate of drug-likeness (QED) is 0.794. The molecule has 0 unspecified atom stereocenters. The Morgan fingerprint density at radius 3 is 2.43 bits per heavy atom. The van der Waals surface area contributed by atoms with E-state index in [1.54, 1.807) is 0 Å². The zero-order valence-corrected chi connectivity index (χ0v) is 8.35. The summed E-state index contributed by atoms with van der Waals surface area (Å²) in [5.74, 6) is -1.13. The van der Waals surface area contributed by atoms with Crippen LogP contribution in [-0.2, 0) is 6.42 Å². The molecular formula is C11H14F2O. The van der Waals surface area contributed by atoms with Gasteiger partial charge in [-0.25, -0.2) is 8.78 Å². The number of aliphatic hydroxyl groups excluding tert-OH is 1. The molecule has 0 saturated heterocycles. The Kier molecular flexibility index (Phi) is 3.21. The van der Waals surface area contributed by atoms with Gasteiger partial charge in [0.25, 0.3) is 0 Å². The highest BCUT2D eigenvalue weighted by atomic mass is 19.1. The van der Waals surface area contributed by atoms with Crippen LogP contribution in [0.3, 0.4) is 0 Å². The average molecular weight is 200 g/mol. The van der Waals surface area contributed by atoms with Crippen molar-refractivity contribution in [3.8, 4) is 0 Å². The predicted octanol–water partition coefficient (Wildman–Crippen LogP) is 2.53. The van der Waals surface area contributed by atoms with Crippen LogP contribution in [0.25, 0.3) is 0 Å². The molecule has 0 atom stereocenters. The van der Waals surface area contributed by atoms with Crippen molar-refractivity contribution in [1.29, 1.82) is 0 Å². The van der Waals surface area contributed by atoms with Crippen LogP contribution in [-0.4, -0.2) is 11.7 Å². The molecule has 0 aliphatic rings. The van der Waals surface area contributed by atoms with Gasteiger partial charge >= 0.3 is 0 Å². The fraction of sp³-hybridized carbons (Fsp3) is 0.455. The molecule has 1 nitrogen and oxygen atoms in total. The van der Waals surface area contributed by atoms with Crippen molar-refractivity contribution in [2.45, 2.75) is 20.3 Å². The van der Waals surface area contributed by atoms with E-state index in [1.807, 2.05) is 13.8 Å². The lowest BCUT2D eigenvalue weighted by atomic mass is 9.86. The molecule has 78 valence electrons. The zero-order chi connectivity index (χ0) is 10.8. The Morgan fingerprint density at radius 2 is 1.93 bits per heavy atom. The number of aliphatic hydroxyl groups is 1. The molecule has 0 amide bonds. The van der Waals surface area contributed by atoms with E-state index in [1.165, 1.54) is 12.1 Å². The minimum Gasteiger partial charge on any atom is -0.396 e. The topological polar surface area (TPSA) is 20.2 Å². The second-order valence-electron chi connectivity index (χ2n) is 4.23. The van der Waals surface area contributed by atoms with Crippen LogP contribution >= 0.6 is 0 Å². The van der Waals surface area contributed by atoms with Crippen molar-refractivity contribution in [3.05, 3.63) is 35.4 Å². The molecule has 0 heterocycles. The summed E-state index contributed by atoms with van der Waals surface area (Å²) in [7, 11) is 0.